The Morgan fingerprint density at radius 3 is 1.97 bits per heavy atom. The molecular weight excluding hydrogens is 1200 g/mol. The third-order valence-corrected chi connectivity index (χ3v) is 21.5. The number of carbonyl (C=O) groups excluding carboxylic acids is 6. The van der Waals surface area contributed by atoms with Crippen molar-refractivity contribution in [2.24, 2.45) is 21.3 Å². The summed E-state index contributed by atoms with van der Waals surface area (Å²) in [5.41, 5.74) is 3.31. The third kappa shape index (κ3) is 13.7. The van der Waals surface area contributed by atoms with Crippen LogP contribution in [-0.4, -0.2) is 154 Å². The molecule has 4 aromatic rings. The second kappa shape index (κ2) is 27.0. The summed E-state index contributed by atoms with van der Waals surface area (Å²) in [4.78, 5) is 107. The molecular formula is C70H90Cl2N10O7S. The maximum absolute atomic E-state index is 15.7. The number of rotatable bonds is 16. The summed E-state index contributed by atoms with van der Waals surface area (Å²) < 4.78 is 6.40. The summed E-state index contributed by atoms with van der Waals surface area (Å²) >= 11 is 14.7. The van der Waals surface area contributed by atoms with Crippen LogP contribution in [0.3, 0.4) is 0 Å². The number of benzene rings is 4. The fourth-order valence-corrected chi connectivity index (χ4v) is 15.2. The number of hydrogen-bond acceptors (Lipinski definition) is 11. The van der Waals surface area contributed by atoms with Crippen LogP contribution in [0.1, 0.15) is 159 Å². The molecule has 2 unspecified atom stereocenters. The zero-order chi connectivity index (χ0) is 64.5. The monoisotopic (exact) mass is 1280 g/mol. The number of nitrogens with one attached hydrogen (secondary N) is 3. The Kier molecular flexibility index (Phi) is 19.9. The summed E-state index contributed by atoms with van der Waals surface area (Å²) in [6.45, 7) is 24.0. The van der Waals surface area contributed by atoms with E-state index in [9.17, 15) is 24.0 Å². The molecule has 4 fully saturated rings. The topological polar surface area (TPSA) is 189 Å². The van der Waals surface area contributed by atoms with E-state index in [0.717, 1.165) is 35.1 Å². The van der Waals surface area contributed by atoms with Crippen LogP contribution < -0.4 is 20.7 Å². The lowest BCUT2D eigenvalue weighted by atomic mass is 9.71. The summed E-state index contributed by atoms with van der Waals surface area (Å²) in [7, 11) is 0. The number of piperidine rings is 1. The molecule has 0 bridgehead atoms. The van der Waals surface area contributed by atoms with Gasteiger partial charge in [-0.1, -0.05) is 132 Å². The first-order chi connectivity index (χ1) is 42.7. The molecule has 4 aromatic carbocycles. The SMILES string of the molecule is CCOc1cc(C(C)(C)C)ccc1C1=N[C@@](C)(c2ccc(Cl)cc2)[C@@](C)(c2ccc(Cl)cc2)N1C(=O)N1CCN(CC(=O)N2CCC(C(=O)NC3(C(=O)N[C@H](C(=O)N4CCC[C@H]4C(=O)NCc4ccc(C5SC=NC5C)cc4)C(C)(C)C)CCCC3)CC2)CC1. The molecule has 90 heavy (non-hydrogen) atoms. The summed E-state index contributed by atoms with van der Waals surface area (Å²) in [6.07, 6.45) is 4.40. The predicted octanol–water partition coefficient (Wildman–Crippen LogP) is 11.0. The van der Waals surface area contributed by atoms with Crippen molar-refractivity contribution in [3.63, 3.8) is 0 Å². The normalized spacial score (nSPS) is 24.2. The van der Waals surface area contributed by atoms with Gasteiger partial charge in [0.2, 0.25) is 29.5 Å². The van der Waals surface area contributed by atoms with Gasteiger partial charge in [-0.2, -0.15) is 0 Å². The molecule has 3 saturated heterocycles. The van der Waals surface area contributed by atoms with E-state index in [-0.39, 0.29) is 58.8 Å². The maximum Gasteiger partial charge on any atom is 0.326 e. The molecule has 7 amide bonds. The first kappa shape index (κ1) is 66.5. The van der Waals surface area contributed by atoms with Gasteiger partial charge in [-0.3, -0.25) is 43.8 Å². The highest BCUT2D eigenvalue weighted by molar-refractivity contribution is 8.12. The van der Waals surface area contributed by atoms with E-state index in [2.05, 4.69) is 91.7 Å². The standard InChI is InChI=1S/C70H90Cl2N10O7S/c1-11-89-56-41-51(66(3,4)5)24-29-54(56)60-76-68(9,49-20-25-52(71)26-21-49)69(10,50-22-27-53(72)28-23-50)82(60)65(88)80-39-37-78(38-40-80)43-57(83)79-35-30-48(31-36-79)61(84)77-70(32-12-13-33-70)64(87)75-59(67(6,7)8)63(86)81-34-14-15-55(81)62(85)73-42-46-16-18-47(19-17-46)58-45(2)74-44-90-58/h16-29,41,44-45,48,55,58-59H,11-15,30-40,42-43H2,1-10H3,(H,73,85)(H,75,87)(H,77,84)/t45?,55-,58?,59+,68-,69+/m0/s1. The highest BCUT2D eigenvalue weighted by Gasteiger charge is 2.60. The minimum Gasteiger partial charge on any atom is -0.493 e. The molecule has 5 aliphatic heterocycles. The molecule has 482 valence electrons. The van der Waals surface area contributed by atoms with E-state index in [1.807, 2.05) is 115 Å². The van der Waals surface area contributed by atoms with Gasteiger partial charge in [-0.25, -0.2) is 4.79 Å². The number of thioether (sulfide) groups is 1. The van der Waals surface area contributed by atoms with Gasteiger partial charge in [0.25, 0.3) is 0 Å². The van der Waals surface area contributed by atoms with Crippen molar-refractivity contribution in [2.45, 2.75) is 173 Å². The Balaban J connectivity index is 0.758. The number of likely N-dealkylation sites (tertiary alicyclic amines) is 2. The van der Waals surface area contributed by atoms with Gasteiger partial charge in [-0.15, -0.1) is 11.8 Å². The minimum absolute atomic E-state index is 0.0459. The second-order valence-corrected chi connectivity index (χ2v) is 29.6. The van der Waals surface area contributed by atoms with Crippen molar-refractivity contribution < 1.29 is 33.5 Å². The van der Waals surface area contributed by atoms with Crippen molar-refractivity contribution in [1.29, 1.82) is 0 Å². The first-order valence-electron chi connectivity index (χ1n) is 32.2. The van der Waals surface area contributed by atoms with E-state index < -0.39 is 40.0 Å². The molecule has 20 heteroatoms. The average Bonchev–Trinajstić information content (AvgIpc) is 1.52. The first-order valence-corrected chi connectivity index (χ1v) is 33.9. The highest BCUT2D eigenvalue weighted by Crippen LogP contribution is 2.54. The zero-order valence-electron chi connectivity index (χ0n) is 54.0. The predicted molar refractivity (Wildman–Crippen MR) is 357 cm³/mol. The van der Waals surface area contributed by atoms with Crippen LogP contribution >= 0.6 is 35.0 Å². The van der Waals surface area contributed by atoms with Crippen LogP contribution in [0.4, 0.5) is 4.79 Å². The summed E-state index contributed by atoms with van der Waals surface area (Å²) in [6, 6.07) is 28.0. The van der Waals surface area contributed by atoms with Gasteiger partial charge in [0.1, 0.15) is 40.3 Å². The van der Waals surface area contributed by atoms with Gasteiger partial charge < -0.3 is 35.4 Å². The van der Waals surface area contributed by atoms with Crippen molar-refractivity contribution in [3.8, 4) is 5.75 Å². The van der Waals surface area contributed by atoms with Crippen LogP contribution in [0.5, 0.6) is 5.75 Å². The molecule has 6 aliphatic rings. The number of urea groups is 1. The van der Waals surface area contributed by atoms with Gasteiger partial charge in [-0.05, 0) is 141 Å². The number of amidine groups is 1. The van der Waals surface area contributed by atoms with Crippen molar-refractivity contribution in [3.05, 3.63) is 134 Å². The van der Waals surface area contributed by atoms with Gasteiger partial charge in [0.15, 0.2) is 0 Å². The number of hydrogen-bond donors (Lipinski definition) is 3. The lowest BCUT2D eigenvalue weighted by Crippen LogP contribution is -2.64. The van der Waals surface area contributed by atoms with Crippen LogP contribution in [0.2, 0.25) is 10.0 Å². The Hall–Kier alpha value is -6.47. The molecule has 3 N–H and O–H groups in total. The highest BCUT2D eigenvalue weighted by atomic mass is 35.5. The van der Waals surface area contributed by atoms with Gasteiger partial charge >= 0.3 is 6.03 Å². The number of carbonyl (C=O) groups is 6. The van der Waals surface area contributed by atoms with E-state index in [1.54, 1.807) is 16.7 Å². The maximum atomic E-state index is 15.7. The fraction of sp³-hybridized carbons (Fsp3) is 0.543. The Labute approximate surface area is 545 Å². The number of halogens is 2. The summed E-state index contributed by atoms with van der Waals surface area (Å²) in [5, 5.41) is 10.8. The molecule has 6 atom stereocenters. The quantitative estimate of drug-likeness (QED) is 0.0980. The van der Waals surface area contributed by atoms with Crippen molar-refractivity contribution in [1.82, 2.24) is 40.4 Å². The molecule has 1 saturated carbocycles. The van der Waals surface area contributed by atoms with E-state index >= 15 is 4.79 Å². The lowest BCUT2D eigenvalue weighted by Gasteiger charge is -2.47. The Bertz CT molecular complexity index is 3370. The zero-order valence-corrected chi connectivity index (χ0v) is 56.3. The molecule has 10 rings (SSSR count). The minimum atomic E-state index is -1.20. The molecule has 1 aliphatic carbocycles. The number of nitrogens with zero attached hydrogens (tertiary/aromatic N) is 7. The van der Waals surface area contributed by atoms with Crippen LogP contribution in [0.25, 0.3) is 0 Å². The van der Waals surface area contributed by atoms with E-state index in [4.69, 9.17) is 32.9 Å². The Morgan fingerprint density at radius 2 is 1.38 bits per heavy atom. The second-order valence-electron chi connectivity index (χ2n) is 27.8. The number of aliphatic imine (C=N–C) groups is 2. The van der Waals surface area contributed by atoms with Crippen LogP contribution in [0.15, 0.2) is 101 Å². The number of amides is 7. The van der Waals surface area contributed by atoms with Crippen molar-refractivity contribution in [2.75, 3.05) is 59.0 Å². The molecule has 0 radical (unpaired) electrons. The third-order valence-electron chi connectivity index (χ3n) is 19.7. The Morgan fingerprint density at radius 1 is 0.744 bits per heavy atom. The molecule has 17 nitrogen and oxygen atoms in total. The van der Waals surface area contributed by atoms with Crippen molar-refractivity contribution >= 4 is 81.9 Å². The molecule has 0 spiro atoms. The molecule has 5 heterocycles. The van der Waals surface area contributed by atoms with E-state index in [1.165, 1.54) is 5.56 Å². The fourth-order valence-electron chi connectivity index (χ4n) is 13.9. The van der Waals surface area contributed by atoms with Gasteiger partial charge in [0, 0.05) is 68.3 Å². The van der Waals surface area contributed by atoms with Crippen LogP contribution in [0, 0.1) is 11.3 Å². The van der Waals surface area contributed by atoms with Gasteiger partial charge in [0.05, 0.1) is 35.6 Å². The largest absolute Gasteiger partial charge is 0.493 e. The average molecular weight is 1290 g/mol. The lowest BCUT2D eigenvalue weighted by molar-refractivity contribution is -0.145. The van der Waals surface area contributed by atoms with Crippen LogP contribution in [-0.2, 0) is 47.0 Å². The molecule has 0 aromatic heterocycles. The number of piperazine rings is 1. The van der Waals surface area contributed by atoms with E-state index in [0.29, 0.717) is 125 Å². The smallest absolute Gasteiger partial charge is 0.326 e. The number of ether oxygens (including phenoxy) is 1. The summed E-state index contributed by atoms with van der Waals surface area (Å²) in [5.74, 6) is -0.517.